The van der Waals surface area contributed by atoms with E-state index < -0.39 is 56.1 Å². The van der Waals surface area contributed by atoms with Crippen LogP contribution in [-0.4, -0.2) is 39.5 Å². The van der Waals surface area contributed by atoms with E-state index in [-0.39, 0.29) is 26.9 Å². The Balaban J connectivity index is 1.54. The van der Waals surface area contributed by atoms with E-state index in [0.717, 1.165) is 18.7 Å². The molecular formula is C32H26Cl2F3N3O6S. The van der Waals surface area contributed by atoms with Crippen LogP contribution in [-0.2, 0) is 32.0 Å². The van der Waals surface area contributed by atoms with E-state index in [1.165, 1.54) is 48.5 Å². The highest BCUT2D eigenvalue weighted by atomic mass is 35.5. The number of hydrogen-bond acceptors (Lipinski definition) is 6. The molecule has 0 aliphatic rings. The van der Waals surface area contributed by atoms with Gasteiger partial charge in [0.2, 0.25) is 9.84 Å². The number of rotatable bonds is 9. The number of sulfone groups is 1. The molecule has 15 heteroatoms. The zero-order valence-corrected chi connectivity index (χ0v) is 26.9. The minimum atomic E-state index is -4.85. The summed E-state index contributed by atoms with van der Waals surface area (Å²) >= 11 is 12.2. The molecule has 0 aromatic heterocycles. The topological polar surface area (TPSA) is 131 Å². The molecule has 3 amide bonds. The number of esters is 1. The lowest BCUT2D eigenvalue weighted by Gasteiger charge is -2.19. The molecule has 0 heterocycles. The standard InChI is InChI=1S/C32H26Cl2F3N3O6S/c1-18-6-13-22(14-7-18)47(44,45)27-15-10-20(32(35,36)37)17-25(27)39-31(43)40-26(30(42)46-2)16-19-8-11-21(12-9-19)38-29(41)28-23(33)4-3-5-24(28)34/h3-15,17,26H,16H2,1-2H3,(H,38,41)(H2,39,40,43). The lowest BCUT2D eigenvalue weighted by molar-refractivity contribution is -0.142. The Hall–Kier alpha value is -4.59. The van der Waals surface area contributed by atoms with Gasteiger partial charge in [0.15, 0.2) is 0 Å². The Kier molecular flexibility index (Phi) is 10.8. The minimum Gasteiger partial charge on any atom is -0.467 e. The zero-order chi connectivity index (χ0) is 34.5. The summed E-state index contributed by atoms with van der Waals surface area (Å²) in [5.41, 5.74) is -0.164. The highest BCUT2D eigenvalue weighted by Gasteiger charge is 2.33. The van der Waals surface area contributed by atoms with Crippen molar-refractivity contribution in [2.45, 2.75) is 35.4 Å². The number of alkyl halides is 3. The van der Waals surface area contributed by atoms with Crippen LogP contribution in [0.2, 0.25) is 10.0 Å². The number of amides is 3. The first-order chi connectivity index (χ1) is 22.1. The third kappa shape index (κ3) is 8.61. The van der Waals surface area contributed by atoms with Crippen molar-refractivity contribution in [2.24, 2.45) is 0 Å². The first kappa shape index (κ1) is 35.3. The molecular weight excluding hydrogens is 682 g/mol. The zero-order valence-electron chi connectivity index (χ0n) is 24.6. The summed E-state index contributed by atoms with van der Waals surface area (Å²) in [6.07, 6.45) is -4.99. The molecule has 0 spiro atoms. The monoisotopic (exact) mass is 707 g/mol. The fourth-order valence-corrected chi connectivity index (χ4v) is 6.37. The number of anilines is 2. The van der Waals surface area contributed by atoms with Crippen molar-refractivity contribution in [2.75, 3.05) is 17.7 Å². The molecule has 3 N–H and O–H groups in total. The maximum Gasteiger partial charge on any atom is 0.416 e. The number of urea groups is 1. The summed E-state index contributed by atoms with van der Waals surface area (Å²) in [7, 11) is -3.30. The number of methoxy groups -OCH3 is 1. The number of hydrogen-bond donors (Lipinski definition) is 3. The lowest BCUT2D eigenvalue weighted by Crippen LogP contribution is -2.45. The number of aryl methyl sites for hydroxylation is 1. The van der Waals surface area contributed by atoms with Crippen LogP contribution in [0.3, 0.4) is 0 Å². The predicted octanol–water partition coefficient (Wildman–Crippen LogP) is 7.31. The maximum atomic E-state index is 13.6. The molecule has 246 valence electrons. The van der Waals surface area contributed by atoms with Crippen LogP contribution in [0.4, 0.5) is 29.3 Å². The van der Waals surface area contributed by atoms with Crippen molar-refractivity contribution in [3.8, 4) is 0 Å². The average Bonchev–Trinajstić information content (AvgIpc) is 3.00. The van der Waals surface area contributed by atoms with Gasteiger partial charge in [-0.2, -0.15) is 13.2 Å². The van der Waals surface area contributed by atoms with Gasteiger partial charge < -0.3 is 20.7 Å². The summed E-state index contributed by atoms with van der Waals surface area (Å²) in [6, 6.07) is 15.7. The summed E-state index contributed by atoms with van der Waals surface area (Å²) < 4.78 is 72.2. The molecule has 0 aliphatic carbocycles. The van der Waals surface area contributed by atoms with Gasteiger partial charge in [0, 0.05) is 12.1 Å². The number of benzene rings is 4. The fraction of sp³-hybridized carbons (Fsp3) is 0.156. The number of carbonyl (C=O) groups excluding carboxylic acids is 3. The second-order valence-electron chi connectivity index (χ2n) is 10.2. The van der Waals surface area contributed by atoms with Crippen LogP contribution in [0.15, 0.2) is 94.7 Å². The second-order valence-corrected chi connectivity index (χ2v) is 12.9. The van der Waals surface area contributed by atoms with Gasteiger partial charge in [-0.3, -0.25) is 4.79 Å². The number of halogens is 5. The van der Waals surface area contributed by atoms with Crippen molar-refractivity contribution < 1.29 is 40.7 Å². The Morgan fingerprint density at radius 2 is 1.49 bits per heavy atom. The molecule has 4 rings (SSSR count). The Labute approximate surface area is 277 Å². The molecule has 0 fully saturated rings. The van der Waals surface area contributed by atoms with E-state index >= 15 is 0 Å². The van der Waals surface area contributed by atoms with Gasteiger partial charge in [-0.15, -0.1) is 0 Å². The number of ether oxygens (including phenoxy) is 1. The van der Waals surface area contributed by atoms with Crippen molar-refractivity contribution >= 4 is 62.3 Å². The van der Waals surface area contributed by atoms with Gasteiger partial charge in [0.05, 0.1) is 43.8 Å². The largest absolute Gasteiger partial charge is 0.467 e. The van der Waals surface area contributed by atoms with E-state index in [2.05, 4.69) is 16.0 Å². The molecule has 4 aromatic carbocycles. The third-order valence-electron chi connectivity index (χ3n) is 6.81. The smallest absolute Gasteiger partial charge is 0.416 e. The summed E-state index contributed by atoms with van der Waals surface area (Å²) in [5, 5.41) is 7.45. The number of nitrogens with one attached hydrogen (secondary N) is 3. The van der Waals surface area contributed by atoms with Crippen molar-refractivity contribution in [3.63, 3.8) is 0 Å². The van der Waals surface area contributed by atoms with Crippen LogP contribution >= 0.6 is 23.2 Å². The first-order valence-corrected chi connectivity index (χ1v) is 15.9. The number of carbonyl (C=O) groups is 3. The Bertz CT molecular complexity index is 1900. The maximum absolute atomic E-state index is 13.6. The lowest BCUT2D eigenvalue weighted by atomic mass is 10.1. The SMILES string of the molecule is COC(=O)C(Cc1ccc(NC(=O)c2c(Cl)cccc2Cl)cc1)NC(=O)Nc1cc(C(F)(F)F)ccc1S(=O)(=O)c1ccc(C)cc1. The highest BCUT2D eigenvalue weighted by molar-refractivity contribution is 7.91. The molecule has 47 heavy (non-hydrogen) atoms. The van der Waals surface area contributed by atoms with E-state index in [1.807, 2.05) is 0 Å². The van der Waals surface area contributed by atoms with Gasteiger partial charge >= 0.3 is 18.2 Å². The first-order valence-electron chi connectivity index (χ1n) is 13.6. The molecule has 0 radical (unpaired) electrons. The van der Waals surface area contributed by atoms with Crippen LogP contribution in [0.25, 0.3) is 0 Å². The van der Waals surface area contributed by atoms with Gasteiger partial charge in [0.25, 0.3) is 5.91 Å². The third-order valence-corrected chi connectivity index (χ3v) is 9.27. The summed E-state index contributed by atoms with van der Waals surface area (Å²) in [5.74, 6) is -1.44. The predicted molar refractivity (Wildman–Crippen MR) is 171 cm³/mol. The molecule has 0 bridgehead atoms. The Morgan fingerprint density at radius 3 is 2.06 bits per heavy atom. The van der Waals surface area contributed by atoms with Crippen molar-refractivity contribution in [3.05, 3.63) is 117 Å². The molecule has 1 atom stereocenters. The molecule has 0 saturated heterocycles. The molecule has 4 aromatic rings. The van der Waals surface area contributed by atoms with Gasteiger partial charge in [-0.25, -0.2) is 18.0 Å². The normalized spacial score (nSPS) is 12.1. The van der Waals surface area contributed by atoms with Crippen molar-refractivity contribution in [1.29, 1.82) is 0 Å². The molecule has 0 aliphatic heterocycles. The summed E-state index contributed by atoms with van der Waals surface area (Å²) in [4.78, 5) is 37.5. The van der Waals surface area contributed by atoms with Crippen LogP contribution in [0, 0.1) is 6.92 Å². The Morgan fingerprint density at radius 1 is 0.872 bits per heavy atom. The van der Waals surface area contributed by atoms with E-state index in [4.69, 9.17) is 27.9 Å². The average molecular weight is 709 g/mol. The summed E-state index contributed by atoms with van der Waals surface area (Å²) in [6.45, 7) is 1.73. The highest BCUT2D eigenvalue weighted by Crippen LogP contribution is 2.35. The van der Waals surface area contributed by atoms with Crippen LogP contribution < -0.4 is 16.0 Å². The second kappa shape index (κ2) is 14.4. The fourth-order valence-electron chi connectivity index (χ4n) is 4.40. The van der Waals surface area contributed by atoms with E-state index in [1.54, 1.807) is 25.1 Å². The van der Waals surface area contributed by atoms with Gasteiger partial charge in [-0.1, -0.05) is 59.1 Å². The van der Waals surface area contributed by atoms with E-state index in [9.17, 15) is 36.0 Å². The molecule has 0 saturated carbocycles. The van der Waals surface area contributed by atoms with Crippen molar-refractivity contribution in [1.82, 2.24) is 5.32 Å². The van der Waals surface area contributed by atoms with E-state index in [0.29, 0.717) is 23.4 Å². The minimum absolute atomic E-state index is 0.0801. The molecule has 9 nitrogen and oxygen atoms in total. The molecule has 1 unspecified atom stereocenters. The van der Waals surface area contributed by atoms with Gasteiger partial charge in [0.1, 0.15) is 6.04 Å². The van der Waals surface area contributed by atoms with Crippen LogP contribution in [0.5, 0.6) is 0 Å². The quantitative estimate of drug-likeness (QED) is 0.156. The van der Waals surface area contributed by atoms with Crippen LogP contribution in [0.1, 0.15) is 27.0 Å². The van der Waals surface area contributed by atoms with Gasteiger partial charge in [-0.05, 0) is 67.1 Å².